The van der Waals surface area contributed by atoms with Crippen molar-refractivity contribution in [2.75, 3.05) is 38.8 Å². The molecule has 0 bridgehead atoms. The van der Waals surface area contributed by atoms with Gasteiger partial charge in [-0.15, -0.1) is 0 Å². The number of hydrogen-bond donors (Lipinski definition) is 3. The van der Waals surface area contributed by atoms with Gasteiger partial charge in [0.05, 0.1) is 23.0 Å². The Morgan fingerprint density at radius 1 is 1.11 bits per heavy atom. The van der Waals surface area contributed by atoms with E-state index in [1.165, 1.54) is 0 Å². The topological polar surface area (TPSA) is 125 Å². The minimum atomic E-state index is -0.230. The first-order valence-corrected chi connectivity index (χ1v) is 12.1. The van der Waals surface area contributed by atoms with Gasteiger partial charge in [0.15, 0.2) is 11.5 Å². The molecule has 2 aromatic heterocycles. The Morgan fingerprint density at radius 2 is 1.92 bits per heavy atom. The average molecular weight is 489 g/mol. The van der Waals surface area contributed by atoms with Gasteiger partial charge in [0.2, 0.25) is 5.96 Å². The molecule has 5 heterocycles. The molecule has 11 heteroatoms. The summed E-state index contributed by atoms with van der Waals surface area (Å²) in [7, 11) is 3.85. The summed E-state index contributed by atoms with van der Waals surface area (Å²) in [6.45, 7) is 2.39. The Hall–Kier alpha value is -4.01. The fourth-order valence-corrected chi connectivity index (χ4v) is 4.93. The highest BCUT2D eigenvalue weighted by atomic mass is 16.6. The van der Waals surface area contributed by atoms with E-state index in [2.05, 4.69) is 26.8 Å². The van der Waals surface area contributed by atoms with E-state index in [1.54, 1.807) is 10.9 Å². The van der Waals surface area contributed by atoms with Crippen LogP contribution in [0.15, 0.2) is 35.7 Å². The summed E-state index contributed by atoms with van der Waals surface area (Å²) in [6, 6.07) is 6.55. The average Bonchev–Trinajstić information content (AvgIpc) is 3.53. The molecule has 3 N–H and O–H groups in total. The van der Waals surface area contributed by atoms with Crippen molar-refractivity contribution in [3.8, 4) is 28.7 Å². The number of fused-ring (bicyclic) bond motifs is 2. The van der Waals surface area contributed by atoms with E-state index < -0.39 is 0 Å². The van der Waals surface area contributed by atoms with Crippen LogP contribution in [-0.4, -0.2) is 65.1 Å². The number of anilines is 1. The zero-order chi connectivity index (χ0) is 24.6. The molecular formula is C25H28N8O3. The van der Waals surface area contributed by atoms with Crippen LogP contribution in [0.1, 0.15) is 30.1 Å². The van der Waals surface area contributed by atoms with Gasteiger partial charge in [-0.3, -0.25) is 10.00 Å². The molecule has 0 radical (unpaired) electrons. The summed E-state index contributed by atoms with van der Waals surface area (Å²) in [5.41, 5.74) is 4.07. The number of H-pyrrole nitrogens is 1. The van der Waals surface area contributed by atoms with Crippen molar-refractivity contribution >= 4 is 17.5 Å². The summed E-state index contributed by atoms with van der Waals surface area (Å²) < 4.78 is 19.4. The van der Waals surface area contributed by atoms with Crippen molar-refractivity contribution in [1.82, 2.24) is 25.0 Å². The van der Waals surface area contributed by atoms with Crippen LogP contribution in [0.5, 0.6) is 11.5 Å². The highest BCUT2D eigenvalue weighted by Gasteiger charge is 2.34. The van der Waals surface area contributed by atoms with E-state index in [0.717, 1.165) is 48.4 Å². The standard InChI is InChI=1S/C25H28N8O3/c1-32-14-16(13-28-32)18-3-4-19(22-21(18)35-9-10-36-22)30-25-31-23-20(15(11-26)12-27-23)24(33(25)2)29-17-5-7-34-8-6-17/h3-4,12-14,17,24,27,29H,5-10H2,1-2H3,(H,30,31). The zero-order valence-electron chi connectivity index (χ0n) is 20.2. The lowest BCUT2D eigenvalue weighted by Crippen LogP contribution is -2.49. The van der Waals surface area contributed by atoms with Crippen LogP contribution in [0.2, 0.25) is 0 Å². The normalized spacial score (nSPS) is 19.4. The maximum Gasteiger partial charge on any atom is 0.206 e. The Bertz CT molecular complexity index is 1350. The Balaban J connectivity index is 1.35. The van der Waals surface area contributed by atoms with E-state index in [9.17, 15) is 5.26 Å². The Kier molecular flexibility index (Phi) is 5.75. The Labute approximate surface area is 208 Å². The lowest BCUT2D eigenvalue weighted by molar-refractivity contribution is 0.0691. The predicted octanol–water partition coefficient (Wildman–Crippen LogP) is 2.87. The first-order valence-electron chi connectivity index (χ1n) is 12.1. The third-order valence-electron chi connectivity index (χ3n) is 6.80. The SMILES string of the molecule is CN1C(Nc2ccc(-c3cnn(C)c3)c3c2OCCO3)=Nc2[nH]cc(C#N)c2C1NC1CCOCC1. The third-order valence-corrected chi connectivity index (χ3v) is 6.80. The summed E-state index contributed by atoms with van der Waals surface area (Å²) in [5, 5.41) is 21.2. The molecule has 1 saturated heterocycles. The van der Waals surface area contributed by atoms with Crippen LogP contribution < -0.4 is 20.1 Å². The molecule has 6 rings (SSSR count). The van der Waals surface area contributed by atoms with Crippen LogP contribution in [-0.2, 0) is 11.8 Å². The van der Waals surface area contributed by atoms with Crippen molar-refractivity contribution in [3.63, 3.8) is 0 Å². The maximum absolute atomic E-state index is 9.71. The maximum atomic E-state index is 9.71. The molecule has 3 aliphatic rings. The minimum Gasteiger partial charge on any atom is -0.485 e. The molecular weight excluding hydrogens is 460 g/mol. The lowest BCUT2D eigenvalue weighted by atomic mass is 10.0. The number of guanidine groups is 1. The van der Waals surface area contributed by atoms with Crippen molar-refractivity contribution in [2.24, 2.45) is 12.0 Å². The lowest BCUT2D eigenvalue weighted by Gasteiger charge is -2.38. The zero-order valence-corrected chi connectivity index (χ0v) is 20.2. The second-order valence-corrected chi connectivity index (χ2v) is 9.12. The monoisotopic (exact) mass is 488 g/mol. The molecule has 0 spiro atoms. The number of hydrogen-bond acceptors (Lipinski definition) is 9. The van der Waals surface area contributed by atoms with Gasteiger partial charge in [-0.1, -0.05) is 0 Å². The molecule has 1 aromatic carbocycles. The van der Waals surface area contributed by atoms with Crippen LogP contribution in [0.25, 0.3) is 11.1 Å². The molecule has 1 atom stereocenters. The highest BCUT2D eigenvalue weighted by molar-refractivity contribution is 5.99. The van der Waals surface area contributed by atoms with Gasteiger partial charge in [-0.25, -0.2) is 0 Å². The van der Waals surface area contributed by atoms with Gasteiger partial charge in [0, 0.05) is 56.9 Å². The molecule has 11 nitrogen and oxygen atoms in total. The quantitative estimate of drug-likeness (QED) is 0.512. The van der Waals surface area contributed by atoms with Gasteiger partial charge in [-0.05, 0) is 25.0 Å². The number of nitrogens with one attached hydrogen (secondary N) is 3. The van der Waals surface area contributed by atoms with E-state index >= 15 is 0 Å². The fourth-order valence-electron chi connectivity index (χ4n) is 4.93. The largest absolute Gasteiger partial charge is 0.485 e. The smallest absolute Gasteiger partial charge is 0.206 e. The van der Waals surface area contributed by atoms with Gasteiger partial charge >= 0.3 is 0 Å². The van der Waals surface area contributed by atoms with Crippen molar-refractivity contribution in [3.05, 3.63) is 41.9 Å². The molecule has 1 unspecified atom stereocenters. The van der Waals surface area contributed by atoms with Crippen LogP contribution >= 0.6 is 0 Å². The first kappa shape index (κ1) is 22.5. The Morgan fingerprint density at radius 3 is 2.67 bits per heavy atom. The predicted molar refractivity (Wildman–Crippen MR) is 133 cm³/mol. The summed E-state index contributed by atoms with van der Waals surface area (Å²) in [6.07, 6.45) is 7.08. The van der Waals surface area contributed by atoms with Crippen LogP contribution in [0.4, 0.5) is 11.5 Å². The minimum absolute atomic E-state index is 0.230. The number of aliphatic imine (C=N–C) groups is 1. The number of aromatic amines is 1. The van der Waals surface area contributed by atoms with Crippen LogP contribution in [0.3, 0.4) is 0 Å². The van der Waals surface area contributed by atoms with Crippen molar-refractivity contribution in [2.45, 2.75) is 25.0 Å². The van der Waals surface area contributed by atoms with E-state index in [4.69, 9.17) is 19.2 Å². The molecule has 3 aromatic rings. The number of benzene rings is 1. The van der Waals surface area contributed by atoms with Crippen molar-refractivity contribution in [1.29, 1.82) is 5.26 Å². The van der Waals surface area contributed by atoms with Crippen LogP contribution in [0, 0.1) is 11.3 Å². The number of aryl methyl sites for hydroxylation is 1. The number of aromatic nitrogens is 3. The van der Waals surface area contributed by atoms with Gasteiger partial charge in [0.25, 0.3) is 0 Å². The summed E-state index contributed by atoms with van der Waals surface area (Å²) in [4.78, 5) is 10.0. The van der Waals surface area contributed by atoms with Crippen molar-refractivity contribution < 1.29 is 14.2 Å². The second kappa shape index (κ2) is 9.22. The summed E-state index contributed by atoms with van der Waals surface area (Å²) >= 11 is 0. The summed E-state index contributed by atoms with van der Waals surface area (Å²) in [5.74, 6) is 2.61. The highest BCUT2D eigenvalue weighted by Crippen LogP contribution is 2.45. The number of ether oxygens (including phenoxy) is 3. The molecule has 3 aliphatic heterocycles. The molecule has 0 amide bonds. The molecule has 0 aliphatic carbocycles. The fraction of sp³-hybridized carbons (Fsp3) is 0.400. The van der Waals surface area contributed by atoms with E-state index in [1.807, 2.05) is 43.5 Å². The second-order valence-electron chi connectivity index (χ2n) is 9.12. The van der Waals surface area contributed by atoms with Gasteiger partial charge in [-0.2, -0.15) is 15.4 Å². The van der Waals surface area contributed by atoms with E-state index in [0.29, 0.717) is 42.1 Å². The van der Waals surface area contributed by atoms with Gasteiger partial charge < -0.3 is 29.4 Å². The van der Waals surface area contributed by atoms with Gasteiger partial charge in [0.1, 0.15) is 31.3 Å². The molecule has 36 heavy (non-hydrogen) atoms. The first-order chi connectivity index (χ1) is 17.6. The number of nitriles is 1. The molecule has 1 fully saturated rings. The number of rotatable bonds is 4. The molecule has 0 saturated carbocycles. The molecule has 186 valence electrons. The third kappa shape index (κ3) is 3.94. The van der Waals surface area contributed by atoms with E-state index in [-0.39, 0.29) is 12.2 Å². The number of nitrogens with zero attached hydrogens (tertiary/aromatic N) is 5.